The van der Waals surface area contributed by atoms with Crippen molar-refractivity contribution in [3.8, 4) is 11.8 Å². The molecule has 8 nitrogen and oxygen atoms in total. The van der Waals surface area contributed by atoms with E-state index in [1.807, 2.05) is 0 Å². The zero-order valence-corrected chi connectivity index (χ0v) is 16.9. The van der Waals surface area contributed by atoms with E-state index in [0.29, 0.717) is 30.5 Å². The normalized spacial score (nSPS) is 16.8. The number of hydrogen-bond donors (Lipinski definition) is 0. The molecule has 0 saturated carbocycles. The van der Waals surface area contributed by atoms with E-state index >= 15 is 0 Å². The Hall–Kier alpha value is -3.63. The average Bonchev–Trinajstić information content (AvgIpc) is 2.77. The lowest BCUT2D eigenvalue weighted by molar-refractivity contribution is -0.141. The minimum atomic E-state index is -4.62. The van der Waals surface area contributed by atoms with Gasteiger partial charge < -0.3 is 18.8 Å². The first kappa shape index (κ1) is 21.6. The third-order valence-corrected chi connectivity index (χ3v) is 5.04. The summed E-state index contributed by atoms with van der Waals surface area (Å²) in [6, 6.07) is 6.79. The second-order valence-electron chi connectivity index (χ2n) is 7.18. The summed E-state index contributed by atoms with van der Waals surface area (Å²) in [5.41, 5.74) is -1.84. The number of aromatic nitrogens is 2. The number of piperidine rings is 1. The molecule has 0 bridgehead atoms. The topological polar surface area (TPSA) is 94.8 Å². The van der Waals surface area contributed by atoms with Crippen LogP contribution in [0.3, 0.4) is 0 Å². The number of amides is 1. The van der Waals surface area contributed by atoms with E-state index in [1.165, 1.54) is 18.1 Å². The van der Waals surface area contributed by atoms with Gasteiger partial charge in [0, 0.05) is 18.1 Å². The van der Waals surface area contributed by atoms with Gasteiger partial charge in [0.25, 0.3) is 5.91 Å². The van der Waals surface area contributed by atoms with Crippen molar-refractivity contribution in [1.82, 2.24) is 14.9 Å². The zero-order chi connectivity index (χ0) is 22.9. The van der Waals surface area contributed by atoms with Crippen LogP contribution < -0.4 is 15.1 Å². The number of fused-ring (bicyclic) bond motifs is 1. The lowest BCUT2D eigenvalue weighted by Crippen LogP contribution is -2.45. The summed E-state index contributed by atoms with van der Waals surface area (Å²) in [6.07, 6.45) is -3.26. The molecule has 0 N–H and O–H groups in total. The standard InChI is InChI=1S/C21H18F3N3O5/c1-30-15-6-2-4-12-10-14(19(29)32-17(12)15)18(28)27-9-3-5-13(11-27)31-20-25-8-7-16(26-20)21(22,23)24/h2,4,6-8,10,13H,3,5,9,11H2,1H3. The summed E-state index contributed by atoms with van der Waals surface area (Å²) in [4.78, 5) is 34.0. The summed E-state index contributed by atoms with van der Waals surface area (Å²) in [6.45, 7) is 0.422. The largest absolute Gasteiger partial charge is 0.493 e. The van der Waals surface area contributed by atoms with Gasteiger partial charge in [-0.05, 0) is 31.0 Å². The van der Waals surface area contributed by atoms with E-state index < -0.39 is 35.5 Å². The molecule has 32 heavy (non-hydrogen) atoms. The molecule has 1 fully saturated rings. The molecule has 0 aliphatic carbocycles. The summed E-state index contributed by atoms with van der Waals surface area (Å²) in [5, 5.41) is 0.523. The van der Waals surface area contributed by atoms with Crippen LogP contribution in [0.1, 0.15) is 28.9 Å². The van der Waals surface area contributed by atoms with Crippen molar-refractivity contribution < 1.29 is 31.9 Å². The molecule has 1 aliphatic rings. The van der Waals surface area contributed by atoms with Gasteiger partial charge in [0.2, 0.25) is 0 Å². The molecule has 4 rings (SSSR count). The van der Waals surface area contributed by atoms with Crippen molar-refractivity contribution >= 4 is 16.9 Å². The number of para-hydroxylation sites is 1. The number of carbonyl (C=O) groups is 1. The van der Waals surface area contributed by atoms with Crippen LogP contribution in [-0.2, 0) is 6.18 Å². The molecule has 3 heterocycles. The van der Waals surface area contributed by atoms with Crippen LogP contribution in [0, 0.1) is 0 Å². The fourth-order valence-electron chi connectivity index (χ4n) is 3.52. The molecular weight excluding hydrogens is 431 g/mol. The first-order valence-corrected chi connectivity index (χ1v) is 9.73. The number of alkyl halides is 3. The molecule has 2 aromatic heterocycles. The Morgan fingerprint density at radius 3 is 2.84 bits per heavy atom. The number of methoxy groups -OCH3 is 1. The maximum Gasteiger partial charge on any atom is 0.433 e. The van der Waals surface area contributed by atoms with Crippen molar-refractivity contribution in [3.63, 3.8) is 0 Å². The quantitative estimate of drug-likeness (QED) is 0.564. The van der Waals surface area contributed by atoms with Crippen LogP contribution in [0.4, 0.5) is 13.2 Å². The summed E-state index contributed by atoms with van der Waals surface area (Å²) in [7, 11) is 1.44. The lowest BCUT2D eigenvalue weighted by atomic mass is 10.1. The fraction of sp³-hybridized carbons (Fsp3) is 0.333. The van der Waals surface area contributed by atoms with Gasteiger partial charge in [0.15, 0.2) is 17.0 Å². The smallest absolute Gasteiger partial charge is 0.433 e. The maximum absolute atomic E-state index is 13.0. The molecule has 11 heteroatoms. The fourth-order valence-corrected chi connectivity index (χ4v) is 3.52. The van der Waals surface area contributed by atoms with Crippen molar-refractivity contribution in [1.29, 1.82) is 0 Å². The molecule has 168 valence electrons. The molecule has 0 radical (unpaired) electrons. The lowest BCUT2D eigenvalue weighted by Gasteiger charge is -2.32. The number of nitrogens with zero attached hydrogens (tertiary/aromatic N) is 3. The summed E-state index contributed by atoms with van der Waals surface area (Å²) >= 11 is 0. The minimum absolute atomic E-state index is 0.0635. The Kier molecular flexibility index (Phi) is 5.72. The van der Waals surface area contributed by atoms with Crippen molar-refractivity contribution in [2.45, 2.75) is 25.1 Å². The summed E-state index contributed by atoms with van der Waals surface area (Å²) < 4.78 is 54.5. The van der Waals surface area contributed by atoms with Gasteiger partial charge in [-0.3, -0.25) is 4.79 Å². The Morgan fingerprint density at radius 2 is 2.09 bits per heavy atom. The Labute approximate surface area is 179 Å². The van der Waals surface area contributed by atoms with Gasteiger partial charge in [0.05, 0.1) is 13.7 Å². The maximum atomic E-state index is 13.0. The van der Waals surface area contributed by atoms with Gasteiger partial charge in [-0.2, -0.15) is 18.2 Å². The molecule has 1 amide bonds. The Balaban J connectivity index is 1.53. The van der Waals surface area contributed by atoms with Crippen LogP contribution >= 0.6 is 0 Å². The Bertz CT molecular complexity index is 1210. The molecule has 1 aliphatic heterocycles. The van der Waals surface area contributed by atoms with E-state index in [0.717, 1.165) is 12.3 Å². The van der Waals surface area contributed by atoms with Gasteiger partial charge in [0.1, 0.15) is 11.7 Å². The zero-order valence-electron chi connectivity index (χ0n) is 16.9. The number of halogens is 3. The summed E-state index contributed by atoms with van der Waals surface area (Å²) in [5.74, 6) is -0.187. The molecule has 3 aromatic rings. The van der Waals surface area contributed by atoms with Crippen LogP contribution in [0.15, 0.2) is 45.7 Å². The second-order valence-corrected chi connectivity index (χ2v) is 7.18. The first-order valence-electron chi connectivity index (χ1n) is 9.73. The van der Waals surface area contributed by atoms with Crippen molar-refractivity contribution in [3.05, 3.63) is 58.2 Å². The minimum Gasteiger partial charge on any atom is -0.493 e. The molecule has 0 spiro atoms. The predicted octanol–water partition coefficient (Wildman–Crippen LogP) is 3.29. The molecule has 1 unspecified atom stereocenters. The monoisotopic (exact) mass is 449 g/mol. The van der Waals surface area contributed by atoms with Gasteiger partial charge in [-0.15, -0.1) is 0 Å². The molecule has 1 saturated heterocycles. The van der Waals surface area contributed by atoms with Crippen LogP contribution in [0.25, 0.3) is 11.0 Å². The highest BCUT2D eigenvalue weighted by atomic mass is 19.4. The second kappa shape index (κ2) is 8.48. The third kappa shape index (κ3) is 4.36. The number of rotatable bonds is 4. The van der Waals surface area contributed by atoms with Gasteiger partial charge >= 0.3 is 17.8 Å². The predicted molar refractivity (Wildman–Crippen MR) is 106 cm³/mol. The van der Waals surface area contributed by atoms with E-state index in [2.05, 4.69) is 9.97 Å². The number of hydrogen-bond acceptors (Lipinski definition) is 7. The average molecular weight is 449 g/mol. The highest BCUT2D eigenvalue weighted by Gasteiger charge is 2.34. The first-order chi connectivity index (χ1) is 15.3. The highest BCUT2D eigenvalue weighted by Crippen LogP contribution is 2.29. The van der Waals surface area contributed by atoms with Crippen molar-refractivity contribution in [2.75, 3.05) is 20.2 Å². The number of ether oxygens (including phenoxy) is 2. The van der Waals surface area contributed by atoms with Crippen LogP contribution in [-0.4, -0.2) is 47.1 Å². The van der Waals surface area contributed by atoms with Crippen LogP contribution in [0.5, 0.6) is 11.8 Å². The van der Waals surface area contributed by atoms with E-state index in [4.69, 9.17) is 13.9 Å². The van der Waals surface area contributed by atoms with Crippen LogP contribution in [0.2, 0.25) is 0 Å². The van der Waals surface area contributed by atoms with Gasteiger partial charge in [-0.25, -0.2) is 9.78 Å². The number of carbonyl (C=O) groups excluding carboxylic acids is 1. The highest BCUT2D eigenvalue weighted by molar-refractivity contribution is 5.97. The molecule has 1 atom stereocenters. The third-order valence-electron chi connectivity index (χ3n) is 5.04. The van der Waals surface area contributed by atoms with E-state index in [-0.39, 0.29) is 17.7 Å². The van der Waals surface area contributed by atoms with Crippen molar-refractivity contribution in [2.24, 2.45) is 0 Å². The number of likely N-dealkylation sites (tertiary alicyclic amines) is 1. The molecule has 1 aromatic carbocycles. The Morgan fingerprint density at radius 1 is 1.28 bits per heavy atom. The van der Waals surface area contributed by atoms with Gasteiger partial charge in [-0.1, -0.05) is 12.1 Å². The van der Waals surface area contributed by atoms with E-state index in [9.17, 15) is 22.8 Å². The SMILES string of the molecule is COc1cccc2cc(C(=O)N3CCCC(Oc4nccc(C(F)(F)F)n4)C3)c(=O)oc12. The van der Waals surface area contributed by atoms with E-state index in [1.54, 1.807) is 18.2 Å². The number of benzene rings is 1. The molecular formula is C21H18F3N3O5.